The second kappa shape index (κ2) is 6.58. The monoisotopic (exact) mass is 262 g/mol. The smallest absolute Gasteiger partial charge is 0.106 e. The molecule has 2 heterocycles. The molecule has 2 aromatic rings. The second-order valence-corrected chi connectivity index (χ2v) is 5.19. The quantitative estimate of drug-likeness (QED) is 0.860. The number of pyridine rings is 1. The maximum absolute atomic E-state index is 5.55. The van der Waals surface area contributed by atoms with Gasteiger partial charge in [-0.15, -0.1) is 11.3 Å². The molecule has 0 saturated heterocycles. The molecule has 0 aliphatic heterocycles. The number of nitrogens with zero attached hydrogens (tertiary/aromatic N) is 3. The fourth-order valence-electron chi connectivity index (χ4n) is 1.72. The number of likely N-dealkylation sites (N-methyl/N-ethyl adjacent to an activating group) is 1. The molecule has 0 fully saturated rings. The summed E-state index contributed by atoms with van der Waals surface area (Å²) in [6.45, 7) is 2.37. The number of aromatic nitrogens is 2. The summed E-state index contributed by atoms with van der Waals surface area (Å²) in [6.07, 6.45) is 2.80. The molecule has 0 aliphatic carbocycles. The van der Waals surface area contributed by atoms with Crippen molar-refractivity contribution in [3.8, 4) is 0 Å². The normalized spacial score (nSPS) is 11.1. The first-order valence-corrected chi connectivity index (χ1v) is 6.87. The number of hydrogen-bond acceptors (Lipinski definition) is 5. The standard InChI is InChI=1S/C13H18N4S/c1-17(7-5-11-4-2-3-6-15-11)9-12-10-18-13(8-14)16-12/h2-4,6,10H,5,7-9,14H2,1H3. The van der Waals surface area contributed by atoms with Gasteiger partial charge in [0.1, 0.15) is 5.01 Å². The van der Waals surface area contributed by atoms with Crippen molar-refractivity contribution in [2.75, 3.05) is 13.6 Å². The van der Waals surface area contributed by atoms with Crippen LogP contribution in [0.5, 0.6) is 0 Å². The van der Waals surface area contributed by atoms with Crippen molar-refractivity contribution < 1.29 is 0 Å². The number of hydrogen-bond donors (Lipinski definition) is 1. The molecule has 0 saturated carbocycles. The molecule has 0 unspecified atom stereocenters. The summed E-state index contributed by atoms with van der Waals surface area (Å²) < 4.78 is 0. The average Bonchev–Trinajstić information content (AvgIpc) is 2.85. The van der Waals surface area contributed by atoms with Gasteiger partial charge in [-0.05, 0) is 19.2 Å². The minimum Gasteiger partial charge on any atom is -0.325 e. The van der Waals surface area contributed by atoms with Crippen LogP contribution in [0.15, 0.2) is 29.8 Å². The van der Waals surface area contributed by atoms with Crippen LogP contribution in [0.1, 0.15) is 16.4 Å². The van der Waals surface area contributed by atoms with Crippen LogP contribution >= 0.6 is 11.3 Å². The zero-order valence-electron chi connectivity index (χ0n) is 10.5. The van der Waals surface area contributed by atoms with Crippen molar-refractivity contribution in [1.29, 1.82) is 0 Å². The number of nitrogens with two attached hydrogens (primary N) is 1. The van der Waals surface area contributed by atoms with E-state index in [-0.39, 0.29) is 0 Å². The van der Waals surface area contributed by atoms with Crippen LogP contribution in [-0.2, 0) is 19.5 Å². The lowest BCUT2D eigenvalue weighted by Crippen LogP contribution is -2.21. The predicted octanol–water partition coefficient (Wildman–Crippen LogP) is 1.67. The highest BCUT2D eigenvalue weighted by Gasteiger charge is 2.05. The third-order valence-corrected chi connectivity index (χ3v) is 3.60. The van der Waals surface area contributed by atoms with E-state index in [0.717, 1.165) is 35.9 Å². The first kappa shape index (κ1) is 13.1. The lowest BCUT2D eigenvalue weighted by molar-refractivity contribution is 0.326. The van der Waals surface area contributed by atoms with Gasteiger partial charge in [-0.25, -0.2) is 4.98 Å². The average molecular weight is 262 g/mol. The summed E-state index contributed by atoms with van der Waals surface area (Å²) in [5.74, 6) is 0. The Balaban J connectivity index is 1.80. The minimum atomic E-state index is 0.530. The summed E-state index contributed by atoms with van der Waals surface area (Å²) in [6, 6.07) is 6.02. The van der Waals surface area contributed by atoms with Crippen LogP contribution in [0.4, 0.5) is 0 Å². The highest BCUT2D eigenvalue weighted by molar-refractivity contribution is 7.09. The highest BCUT2D eigenvalue weighted by Crippen LogP contribution is 2.10. The van der Waals surface area contributed by atoms with Crippen molar-refractivity contribution >= 4 is 11.3 Å². The van der Waals surface area contributed by atoms with E-state index in [2.05, 4.69) is 33.4 Å². The van der Waals surface area contributed by atoms with E-state index in [1.165, 1.54) is 0 Å². The van der Waals surface area contributed by atoms with Gasteiger partial charge in [0.25, 0.3) is 0 Å². The maximum Gasteiger partial charge on any atom is 0.106 e. The molecule has 0 bridgehead atoms. The Bertz CT molecular complexity index is 469. The van der Waals surface area contributed by atoms with Gasteiger partial charge in [0.15, 0.2) is 0 Å². The summed E-state index contributed by atoms with van der Waals surface area (Å²) in [5, 5.41) is 3.09. The van der Waals surface area contributed by atoms with Gasteiger partial charge in [0.2, 0.25) is 0 Å². The molecule has 4 nitrogen and oxygen atoms in total. The number of thiazole rings is 1. The van der Waals surface area contributed by atoms with Gasteiger partial charge in [0, 0.05) is 43.3 Å². The summed E-state index contributed by atoms with van der Waals surface area (Å²) in [7, 11) is 2.10. The SMILES string of the molecule is CN(CCc1ccccn1)Cc1csc(CN)n1. The van der Waals surface area contributed by atoms with E-state index in [0.29, 0.717) is 6.54 Å². The first-order valence-electron chi connectivity index (χ1n) is 5.99. The third kappa shape index (κ3) is 3.87. The molecular weight excluding hydrogens is 244 g/mol. The molecule has 0 aromatic carbocycles. The fraction of sp³-hybridized carbons (Fsp3) is 0.385. The Morgan fingerprint density at radius 1 is 1.33 bits per heavy atom. The van der Waals surface area contributed by atoms with Gasteiger partial charge < -0.3 is 10.6 Å². The summed E-state index contributed by atoms with van der Waals surface area (Å²) in [5.41, 5.74) is 7.79. The molecule has 96 valence electrons. The van der Waals surface area contributed by atoms with E-state index in [4.69, 9.17) is 5.73 Å². The molecule has 0 spiro atoms. The fourth-order valence-corrected chi connectivity index (χ4v) is 2.39. The lowest BCUT2D eigenvalue weighted by Gasteiger charge is -2.14. The van der Waals surface area contributed by atoms with Crippen molar-refractivity contribution in [3.63, 3.8) is 0 Å². The first-order chi connectivity index (χ1) is 8.78. The largest absolute Gasteiger partial charge is 0.325 e. The zero-order valence-corrected chi connectivity index (χ0v) is 11.4. The summed E-state index contributed by atoms with van der Waals surface area (Å²) >= 11 is 1.63. The molecule has 0 aliphatic rings. The molecule has 2 aromatic heterocycles. The Morgan fingerprint density at radius 3 is 2.89 bits per heavy atom. The Morgan fingerprint density at radius 2 is 2.22 bits per heavy atom. The lowest BCUT2D eigenvalue weighted by atomic mass is 10.2. The molecule has 0 radical (unpaired) electrons. The molecule has 5 heteroatoms. The van der Waals surface area contributed by atoms with E-state index < -0.39 is 0 Å². The highest BCUT2D eigenvalue weighted by atomic mass is 32.1. The van der Waals surface area contributed by atoms with Gasteiger partial charge in [-0.2, -0.15) is 0 Å². The third-order valence-electron chi connectivity index (χ3n) is 2.68. The maximum atomic E-state index is 5.55. The van der Waals surface area contributed by atoms with Gasteiger partial charge in [0.05, 0.1) is 5.69 Å². The van der Waals surface area contributed by atoms with Crippen LogP contribution in [0, 0.1) is 0 Å². The van der Waals surface area contributed by atoms with Crippen LogP contribution in [0.3, 0.4) is 0 Å². The van der Waals surface area contributed by atoms with Gasteiger partial charge in [-0.3, -0.25) is 4.98 Å². The Labute approximate surface area is 111 Å². The van der Waals surface area contributed by atoms with Gasteiger partial charge >= 0.3 is 0 Å². The van der Waals surface area contributed by atoms with E-state index >= 15 is 0 Å². The van der Waals surface area contributed by atoms with E-state index in [1.54, 1.807) is 11.3 Å². The van der Waals surface area contributed by atoms with Crippen molar-refractivity contribution in [1.82, 2.24) is 14.9 Å². The van der Waals surface area contributed by atoms with E-state index in [9.17, 15) is 0 Å². The molecule has 18 heavy (non-hydrogen) atoms. The second-order valence-electron chi connectivity index (χ2n) is 4.25. The van der Waals surface area contributed by atoms with Crippen LogP contribution < -0.4 is 5.73 Å². The molecule has 0 atom stereocenters. The van der Waals surface area contributed by atoms with Crippen molar-refractivity contribution in [2.45, 2.75) is 19.5 Å². The molecular formula is C13H18N4S. The Hall–Kier alpha value is -1.30. The molecule has 2 N–H and O–H groups in total. The summed E-state index contributed by atoms with van der Waals surface area (Å²) in [4.78, 5) is 11.0. The van der Waals surface area contributed by atoms with Crippen molar-refractivity contribution in [3.05, 3.63) is 46.2 Å². The van der Waals surface area contributed by atoms with Crippen molar-refractivity contribution in [2.24, 2.45) is 5.73 Å². The van der Waals surface area contributed by atoms with Crippen LogP contribution in [0.25, 0.3) is 0 Å². The molecule has 2 rings (SSSR count). The predicted molar refractivity (Wildman–Crippen MR) is 74.3 cm³/mol. The number of rotatable bonds is 6. The van der Waals surface area contributed by atoms with E-state index in [1.807, 2.05) is 18.3 Å². The topological polar surface area (TPSA) is 55.0 Å². The van der Waals surface area contributed by atoms with Crippen LogP contribution in [-0.4, -0.2) is 28.5 Å². The van der Waals surface area contributed by atoms with Crippen LogP contribution in [0.2, 0.25) is 0 Å². The minimum absolute atomic E-state index is 0.530. The zero-order chi connectivity index (χ0) is 12.8. The molecule has 0 amide bonds. The van der Waals surface area contributed by atoms with Gasteiger partial charge in [-0.1, -0.05) is 6.07 Å². The Kier molecular flexibility index (Phi) is 4.81.